The smallest absolute Gasteiger partial charge is 0.240 e. The normalized spacial score (nSPS) is 15.1. The minimum atomic E-state index is -3.50. The summed E-state index contributed by atoms with van der Waals surface area (Å²) in [5, 5.41) is 8.88. The third-order valence-corrected chi connectivity index (χ3v) is 5.25. The lowest BCUT2D eigenvalue weighted by Gasteiger charge is -2.19. The first kappa shape index (κ1) is 16.0. The van der Waals surface area contributed by atoms with Crippen LogP contribution >= 0.6 is 0 Å². The molecule has 0 aliphatic heterocycles. The Hall–Kier alpha value is -1.42. The predicted octanol–water partition coefficient (Wildman–Crippen LogP) is 1.63. The Morgan fingerprint density at radius 3 is 2.67 bits per heavy atom. The summed E-state index contributed by atoms with van der Waals surface area (Å²) in [6, 6.07) is 7.24. The number of nitriles is 1. The van der Waals surface area contributed by atoms with Gasteiger partial charge in [0.05, 0.1) is 16.5 Å². The van der Waals surface area contributed by atoms with E-state index in [1.165, 1.54) is 18.9 Å². The van der Waals surface area contributed by atoms with Gasteiger partial charge >= 0.3 is 0 Å². The van der Waals surface area contributed by atoms with Crippen LogP contribution in [0, 0.1) is 18.3 Å². The second-order valence-corrected chi connectivity index (χ2v) is 7.11. The van der Waals surface area contributed by atoms with Gasteiger partial charge in [0.1, 0.15) is 0 Å². The van der Waals surface area contributed by atoms with Gasteiger partial charge in [0.15, 0.2) is 0 Å². The fraction of sp³-hybridized carbons (Fsp3) is 0.533. The zero-order valence-corrected chi connectivity index (χ0v) is 13.3. The molecular weight excluding hydrogens is 286 g/mol. The Bertz CT molecular complexity index is 645. The van der Waals surface area contributed by atoms with E-state index in [1.54, 1.807) is 19.1 Å². The summed E-state index contributed by atoms with van der Waals surface area (Å²) < 4.78 is 27.1. The number of benzene rings is 1. The van der Waals surface area contributed by atoms with Crippen LogP contribution in [0.15, 0.2) is 23.1 Å². The molecule has 1 N–H and O–H groups in total. The van der Waals surface area contributed by atoms with Crippen LogP contribution < -0.4 is 4.72 Å². The summed E-state index contributed by atoms with van der Waals surface area (Å²) >= 11 is 0. The summed E-state index contributed by atoms with van der Waals surface area (Å²) in [5.74, 6) is 0. The van der Waals surface area contributed by atoms with Crippen molar-refractivity contribution in [2.24, 2.45) is 0 Å². The van der Waals surface area contributed by atoms with E-state index in [1.807, 2.05) is 6.07 Å². The summed E-state index contributed by atoms with van der Waals surface area (Å²) in [7, 11) is -3.50. The van der Waals surface area contributed by atoms with Crippen molar-refractivity contribution in [2.45, 2.75) is 37.6 Å². The topological polar surface area (TPSA) is 73.2 Å². The molecule has 0 unspecified atom stereocenters. The molecular formula is C15H21N3O2S. The van der Waals surface area contributed by atoms with E-state index in [9.17, 15) is 8.42 Å². The highest BCUT2D eigenvalue weighted by Crippen LogP contribution is 2.25. The van der Waals surface area contributed by atoms with Gasteiger partial charge < -0.3 is 0 Å². The number of hydrogen-bond acceptors (Lipinski definition) is 4. The molecule has 1 fully saturated rings. The van der Waals surface area contributed by atoms with Crippen LogP contribution in [0.5, 0.6) is 0 Å². The first-order valence-corrected chi connectivity index (χ1v) is 8.70. The van der Waals surface area contributed by atoms with Crippen molar-refractivity contribution in [3.05, 3.63) is 29.3 Å². The average molecular weight is 307 g/mol. The monoisotopic (exact) mass is 307 g/mol. The van der Waals surface area contributed by atoms with Gasteiger partial charge in [0, 0.05) is 19.1 Å². The second kappa shape index (κ2) is 6.56. The summed E-state index contributed by atoms with van der Waals surface area (Å²) in [4.78, 5) is 2.51. The fourth-order valence-corrected chi connectivity index (χ4v) is 3.48. The zero-order valence-electron chi connectivity index (χ0n) is 12.5. The number of rotatable bonds is 7. The van der Waals surface area contributed by atoms with Gasteiger partial charge in [-0.25, -0.2) is 13.1 Å². The zero-order chi connectivity index (χ0) is 15.5. The Morgan fingerprint density at radius 2 is 2.14 bits per heavy atom. The standard InChI is InChI=1S/C15H21N3O2S/c1-3-18(14-5-6-14)9-8-17-21(19,20)15-7-4-13(11-16)12(2)10-15/h4,7,10,14,17H,3,5-6,8-9H2,1-2H3. The van der Waals surface area contributed by atoms with Crippen LogP contribution in [-0.4, -0.2) is 39.0 Å². The minimum absolute atomic E-state index is 0.216. The molecule has 0 amide bonds. The fourth-order valence-electron chi connectivity index (χ4n) is 2.37. The van der Waals surface area contributed by atoms with Crippen molar-refractivity contribution in [1.29, 1.82) is 5.26 Å². The second-order valence-electron chi connectivity index (χ2n) is 5.35. The largest absolute Gasteiger partial charge is 0.299 e. The summed E-state index contributed by atoms with van der Waals surface area (Å²) in [5.41, 5.74) is 1.17. The Morgan fingerprint density at radius 1 is 1.43 bits per heavy atom. The van der Waals surface area contributed by atoms with Gasteiger partial charge in [-0.3, -0.25) is 4.90 Å². The van der Waals surface area contributed by atoms with E-state index >= 15 is 0 Å². The summed E-state index contributed by atoms with van der Waals surface area (Å²) in [6.07, 6.45) is 2.44. The SMILES string of the molecule is CCN(CCNS(=O)(=O)c1ccc(C#N)c(C)c1)C1CC1. The number of sulfonamides is 1. The maximum atomic E-state index is 12.2. The molecule has 0 radical (unpaired) electrons. The molecule has 114 valence electrons. The quantitative estimate of drug-likeness (QED) is 0.831. The maximum absolute atomic E-state index is 12.2. The van der Waals surface area contributed by atoms with Gasteiger partial charge in [0.25, 0.3) is 0 Å². The van der Waals surface area contributed by atoms with Crippen molar-refractivity contribution in [1.82, 2.24) is 9.62 Å². The van der Waals surface area contributed by atoms with Gasteiger partial charge in [0.2, 0.25) is 10.0 Å². The molecule has 6 heteroatoms. The van der Waals surface area contributed by atoms with Crippen LogP contribution in [0.25, 0.3) is 0 Å². The van der Waals surface area contributed by atoms with Crippen molar-refractivity contribution in [3.63, 3.8) is 0 Å². The Balaban J connectivity index is 1.98. The highest BCUT2D eigenvalue weighted by molar-refractivity contribution is 7.89. The van der Waals surface area contributed by atoms with E-state index in [4.69, 9.17) is 5.26 Å². The molecule has 1 aromatic rings. The van der Waals surface area contributed by atoms with E-state index in [0.29, 0.717) is 23.7 Å². The van der Waals surface area contributed by atoms with Crippen LogP contribution in [0.1, 0.15) is 30.9 Å². The van der Waals surface area contributed by atoms with Crippen LogP contribution in [0.4, 0.5) is 0 Å². The number of likely N-dealkylation sites (N-methyl/N-ethyl adjacent to an activating group) is 1. The van der Waals surface area contributed by atoms with Gasteiger partial charge in [-0.1, -0.05) is 6.92 Å². The van der Waals surface area contributed by atoms with Gasteiger partial charge in [-0.2, -0.15) is 5.26 Å². The molecule has 1 aliphatic rings. The Kier molecular flexibility index (Phi) is 4.99. The van der Waals surface area contributed by atoms with E-state index < -0.39 is 10.0 Å². The van der Waals surface area contributed by atoms with E-state index in [-0.39, 0.29) is 4.90 Å². The maximum Gasteiger partial charge on any atom is 0.240 e. The Labute approximate surface area is 126 Å². The molecule has 0 bridgehead atoms. The summed E-state index contributed by atoms with van der Waals surface area (Å²) in [6.45, 7) is 5.92. The van der Waals surface area contributed by atoms with Crippen molar-refractivity contribution in [3.8, 4) is 6.07 Å². The van der Waals surface area contributed by atoms with Crippen molar-refractivity contribution < 1.29 is 8.42 Å². The highest BCUT2D eigenvalue weighted by Gasteiger charge is 2.27. The number of nitrogens with one attached hydrogen (secondary N) is 1. The minimum Gasteiger partial charge on any atom is -0.299 e. The lowest BCUT2D eigenvalue weighted by molar-refractivity contribution is 0.282. The highest BCUT2D eigenvalue weighted by atomic mass is 32.2. The van der Waals surface area contributed by atoms with Crippen molar-refractivity contribution in [2.75, 3.05) is 19.6 Å². The first-order chi connectivity index (χ1) is 9.97. The molecule has 0 heterocycles. The van der Waals surface area contributed by atoms with Crippen LogP contribution in [0.2, 0.25) is 0 Å². The molecule has 0 atom stereocenters. The first-order valence-electron chi connectivity index (χ1n) is 7.22. The van der Waals surface area contributed by atoms with Crippen LogP contribution in [0.3, 0.4) is 0 Å². The van der Waals surface area contributed by atoms with Crippen molar-refractivity contribution >= 4 is 10.0 Å². The predicted molar refractivity (Wildman–Crippen MR) is 81.4 cm³/mol. The van der Waals surface area contributed by atoms with Gasteiger partial charge in [-0.15, -0.1) is 0 Å². The number of nitrogens with zero attached hydrogens (tertiary/aromatic N) is 2. The van der Waals surface area contributed by atoms with Crippen LogP contribution in [-0.2, 0) is 10.0 Å². The molecule has 0 saturated heterocycles. The molecule has 0 spiro atoms. The molecule has 21 heavy (non-hydrogen) atoms. The molecule has 5 nitrogen and oxygen atoms in total. The molecule has 0 aromatic heterocycles. The average Bonchev–Trinajstić information content (AvgIpc) is 3.28. The van der Waals surface area contributed by atoms with E-state index in [2.05, 4.69) is 16.5 Å². The lowest BCUT2D eigenvalue weighted by Crippen LogP contribution is -2.36. The third kappa shape index (κ3) is 4.03. The molecule has 1 aromatic carbocycles. The third-order valence-electron chi connectivity index (χ3n) is 3.79. The van der Waals surface area contributed by atoms with E-state index in [0.717, 1.165) is 13.1 Å². The number of aryl methyl sites for hydroxylation is 1. The number of hydrogen-bond donors (Lipinski definition) is 1. The molecule has 2 rings (SSSR count). The molecule has 1 aliphatic carbocycles. The lowest BCUT2D eigenvalue weighted by atomic mass is 10.1. The van der Waals surface area contributed by atoms with Gasteiger partial charge in [-0.05, 0) is 50.1 Å². The molecule has 1 saturated carbocycles.